The lowest BCUT2D eigenvalue weighted by Gasteiger charge is -1.92. The summed E-state index contributed by atoms with van der Waals surface area (Å²) in [6.07, 6.45) is 3.24. The van der Waals surface area contributed by atoms with Crippen molar-refractivity contribution in [3.8, 4) is 0 Å². The minimum absolute atomic E-state index is 0.608. The normalized spacial score (nSPS) is 17.4. The average Bonchev–Trinajstić information content (AvgIpc) is 3.18. The van der Waals surface area contributed by atoms with E-state index in [2.05, 4.69) is 66.4 Å². The van der Waals surface area contributed by atoms with E-state index in [1.165, 1.54) is 16.7 Å². The standard InChI is InChI=1S/C17H14/c1-3-7-14(8-4-1)11-12-16-13-17(16)15-9-5-2-6-10-15/h1-11,17H,13H2. The van der Waals surface area contributed by atoms with Crippen LogP contribution < -0.4 is 0 Å². The Labute approximate surface area is 102 Å². The first kappa shape index (κ1) is 10.1. The fraction of sp³-hybridized carbons (Fsp3) is 0.118. The van der Waals surface area contributed by atoms with E-state index in [4.69, 9.17) is 0 Å². The van der Waals surface area contributed by atoms with Crippen LogP contribution in [0.3, 0.4) is 0 Å². The summed E-state index contributed by atoms with van der Waals surface area (Å²) in [6.45, 7) is 0. The summed E-state index contributed by atoms with van der Waals surface area (Å²) in [5, 5.41) is 0. The third kappa shape index (κ3) is 2.38. The molecule has 0 aliphatic heterocycles. The Morgan fingerprint density at radius 2 is 1.53 bits per heavy atom. The lowest BCUT2D eigenvalue weighted by atomic mass is 10.1. The van der Waals surface area contributed by atoms with Crippen molar-refractivity contribution < 1.29 is 0 Å². The highest BCUT2D eigenvalue weighted by Gasteiger charge is 2.30. The quantitative estimate of drug-likeness (QED) is 0.655. The molecule has 1 aliphatic rings. The maximum absolute atomic E-state index is 3.41. The fourth-order valence-electron chi connectivity index (χ4n) is 2.05. The Bertz CT molecular complexity index is 558. The van der Waals surface area contributed by atoms with Gasteiger partial charge in [0.1, 0.15) is 0 Å². The number of hydrogen-bond donors (Lipinski definition) is 0. The van der Waals surface area contributed by atoms with E-state index in [0.717, 1.165) is 6.42 Å². The van der Waals surface area contributed by atoms with Gasteiger partial charge in [0, 0.05) is 5.92 Å². The summed E-state index contributed by atoms with van der Waals surface area (Å²) in [7, 11) is 0. The minimum Gasteiger partial charge on any atom is -0.120 e. The van der Waals surface area contributed by atoms with Gasteiger partial charge >= 0.3 is 0 Å². The van der Waals surface area contributed by atoms with Gasteiger partial charge in [-0.2, -0.15) is 0 Å². The van der Waals surface area contributed by atoms with E-state index in [-0.39, 0.29) is 0 Å². The second-order valence-corrected chi connectivity index (χ2v) is 4.39. The van der Waals surface area contributed by atoms with Crippen LogP contribution >= 0.6 is 0 Å². The molecule has 1 unspecified atom stereocenters. The Hall–Kier alpha value is -2.04. The molecule has 0 saturated heterocycles. The van der Waals surface area contributed by atoms with Crippen molar-refractivity contribution in [3.05, 3.63) is 83.1 Å². The van der Waals surface area contributed by atoms with E-state index in [9.17, 15) is 0 Å². The number of rotatable bonds is 2. The van der Waals surface area contributed by atoms with Crippen molar-refractivity contribution in [2.45, 2.75) is 12.3 Å². The van der Waals surface area contributed by atoms with E-state index < -0.39 is 0 Å². The first-order valence-corrected chi connectivity index (χ1v) is 5.99. The van der Waals surface area contributed by atoms with Gasteiger partial charge in [-0.25, -0.2) is 0 Å². The molecule has 1 atom stereocenters. The van der Waals surface area contributed by atoms with E-state index in [0.29, 0.717) is 5.92 Å². The molecule has 0 radical (unpaired) electrons. The zero-order chi connectivity index (χ0) is 11.5. The lowest BCUT2D eigenvalue weighted by molar-refractivity contribution is 1.16. The van der Waals surface area contributed by atoms with Crippen molar-refractivity contribution in [2.75, 3.05) is 0 Å². The van der Waals surface area contributed by atoms with E-state index in [1.807, 2.05) is 6.07 Å². The van der Waals surface area contributed by atoms with Crippen LogP contribution in [0.1, 0.15) is 23.5 Å². The van der Waals surface area contributed by atoms with Gasteiger partial charge in [0.25, 0.3) is 0 Å². The Morgan fingerprint density at radius 3 is 2.24 bits per heavy atom. The molecule has 0 bridgehead atoms. The summed E-state index contributed by atoms with van der Waals surface area (Å²) in [5.74, 6) is 0.608. The minimum atomic E-state index is 0.608. The predicted molar refractivity (Wildman–Crippen MR) is 71.7 cm³/mol. The zero-order valence-electron chi connectivity index (χ0n) is 9.64. The number of benzene rings is 2. The van der Waals surface area contributed by atoms with Crippen molar-refractivity contribution in [3.63, 3.8) is 0 Å². The average molecular weight is 218 g/mol. The maximum atomic E-state index is 3.41. The lowest BCUT2D eigenvalue weighted by Crippen LogP contribution is -1.75. The molecule has 0 spiro atoms. The molecular weight excluding hydrogens is 204 g/mol. The molecule has 17 heavy (non-hydrogen) atoms. The third-order valence-electron chi connectivity index (χ3n) is 3.11. The van der Waals surface area contributed by atoms with Crippen molar-refractivity contribution in [1.29, 1.82) is 0 Å². The monoisotopic (exact) mass is 218 g/mol. The van der Waals surface area contributed by atoms with Crippen molar-refractivity contribution in [2.24, 2.45) is 0 Å². The van der Waals surface area contributed by atoms with Gasteiger partial charge in [0.15, 0.2) is 0 Å². The number of hydrogen-bond acceptors (Lipinski definition) is 0. The summed E-state index contributed by atoms with van der Waals surface area (Å²) in [4.78, 5) is 0. The van der Waals surface area contributed by atoms with Crippen LogP contribution in [0.5, 0.6) is 0 Å². The topological polar surface area (TPSA) is 0 Å². The number of allylic oxidation sites excluding steroid dienone is 1. The summed E-state index contributed by atoms with van der Waals surface area (Å²) < 4.78 is 0. The second-order valence-electron chi connectivity index (χ2n) is 4.39. The van der Waals surface area contributed by atoms with Gasteiger partial charge in [0.05, 0.1) is 0 Å². The molecule has 0 aromatic heterocycles. The first-order chi connectivity index (χ1) is 8.43. The Morgan fingerprint density at radius 1 is 0.882 bits per heavy atom. The van der Waals surface area contributed by atoms with Crippen LogP contribution in [-0.4, -0.2) is 0 Å². The Balaban J connectivity index is 1.79. The van der Waals surface area contributed by atoms with Crippen molar-refractivity contribution in [1.82, 2.24) is 0 Å². The van der Waals surface area contributed by atoms with Crippen LogP contribution in [-0.2, 0) is 0 Å². The van der Waals surface area contributed by atoms with Crippen LogP contribution in [0, 0.1) is 0 Å². The van der Waals surface area contributed by atoms with Gasteiger partial charge in [0.2, 0.25) is 0 Å². The van der Waals surface area contributed by atoms with E-state index in [1.54, 1.807) is 0 Å². The molecular formula is C17H14. The molecule has 1 saturated carbocycles. The first-order valence-electron chi connectivity index (χ1n) is 5.99. The molecule has 1 aliphatic carbocycles. The highest BCUT2D eigenvalue weighted by molar-refractivity contribution is 5.52. The smallest absolute Gasteiger partial charge is 0.0168 e. The maximum Gasteiger partial charge on any atom is 0.0168 e. The van der Waals surface area contributed by atoms with Gasteiger partial charge in [-0.15, -0.1) is 5.73 Å². The van der Waals surface area contributed by atoms with Crippen molar-refractivity contribution >= 4 is 6.08 Å². The van der Waals surface area contributed by atoms with Crippen LogP contribution in [0.15, 0.2) is 72.0 Å². The molecule has 3 rings (SSSR count). The molecule has 2 aromatic carbocycles. The zero-order valence-corrected chi connectivity index (χ0v) is 9.64. The Kier molecular flexibility index (Phi) is 2.65. The highest BCUT2D eigenvalue weighted by Crippen LogP contribution is 2.45. The van der Waals surface area contributed by atoms with Gasteiger partial charge in [-0.3, -0.25) is 0 Å². The molecule has 0 heteroatoms. The highest BCUT2D eigenvalue weighted by atomic mass is 14.3. The molecule has 0 N–H and O–H groups in total. The second kappa shape index (κ2) is 4.45. The van der Waals surface area contributed by atoms with Gasteiger partial charge in [-0.05, 0) is 29.2 Å². The molecule has 1 fully saturated rings. The molecule has 0 heterocycles. The van der Waals surface area contributed by atoms with Crippen LogP contribution in [0.2, 0.25) is 0 Å². The predicted octanol–water partition coefficient (Wildman–Crippen LogP) is 4.41. The van der Waals surface area contributed by atoms with Crippen LogP contribution in [0.25, 0.3) is 6.08 Å². The van der Waals surface area contributed by atoms with Gasteiger partial charge in [-0.1, -0.05) is 60.7 Å². The summed E-state index contributed by atoms with van der Waals surface area (Å²) in [5.41, 5.74) is 7.46. The fourth-order valence-corrected chi connectivity index (χ4v) is 2.05. The molecule has 82 valence electrons. The van der Waals surface area contributed by atoms with E-state index >= 15 is 0 Å². The molecule has 2 aromatic rings. The largest absolute Gasteiger partial charge is 0.120 e. The molecule has 0 nitrogen and oxygen atoms in total. The third-order valence-corrected chi connectivity index (χ3v) is 3.11. The van der Waals surface area contributed by atoms with Gasteiger partial charge < -0.3 is 0 Å². The SMILES string of the molecule is C(=Cc1ccccc1)=C1CC1c1ccccc1. The summed E-state index contributed by atoms with van der Waals surface area (Å²) >= 11 is 0. The molecule has 0 amide bonds. The van der Waals surface area contributed by atoms with Crippen LogP contribution in [0.4, 0.5) is 0 Å². The summed E-state index contributed by atoms with van der Waals surface area (Å²) in [6, 6.07) is 21.0.